The maximum absolute atomic E-state index is 13.6. The van der Waals surface area contributed by atoms with E-state index in [1.165, 1.54) is 18.3 Å². The van der Waals surface area contributed by atoms with Crippen molar-refractivity contribution < 1.29 is 27.9 Å². The van der Waals surface area contributed by atoms with E-state index >= 15 is 0 Å². The third-order valence-electron chi connectivity index (χ3n) is 3.80. The number of amides is 2. The molecule has 2 aromatic rings. The molecule has 2 atom stereocenters. The van der Waals surface area contributed by atoms with Crippen molar-refractivity contribution >= 4 is 34.8 Å². The van der Waals surface area contributed by atoms with E-state index in [9.17, 15) is 23.2 Å². The van der Waals surface area contributed by atoms with Crippen LogP contribution in [0.3, 0.4) is 0 Å². The van der Waals surface area contributed by atoms with Crippen LogP contribution in [0.15, 0.2) is 35.7 Å². The highest BCUT2D eigenvalue weighted by atomic mass is 32.1. The number of hydrogen-bond donors (Lipinski definition) is 2. The Kier molecular flexibility index (Phi) is 7.22. The average Bonchev–Trinajstić information content (AvgIpc) is 3.16. The Balaban J connectivity index is 1.99. The molecular weight excluding hydrogens is 390 g/mol. The predicted octanol–water partition coefficient (Wildman–Crippen LogP) is 3.35. The highest BCUT2D eigenvalue weighted by molar-refractivity contribution is 7.12. The Bertz CT molecular complexity index is 856. The molecule has 2 amide bonds. The SMILES string of the molecule is CC(C)[C@H](NC(=O)c1cccs1)C(=O)O[C@H](C)C(=O)Nc1ccc(F)cc1F. The van der Waals surface area contributed by atoms with E-state index in [1.807, 2.05) is 0 Å². The summed E-state index contributed by atoms with van der Waals surface area (Å²) >= 11 is 1.23. The monoisotopic (exact) mass is 410 g/mol. The van der Waals surface area contributed by atoms with Crippen LogP contribution in [0.2, 0.25) is 0 Å². The molecule has 0 spiro atoms. The molecule has 0 radical (unpaired) electrons. The van der Waals surface area contributed by atoms with E-state index in [-0.39, 0.29) is 11.6 Å². The standard InChI is InChI=1S/C19H20F2N2O4S/c1-10(2)16(23-18(25)15-5-4-8-28-15)19(26)27-11(3)17(24)22-14-7-6-12(20)9-13(14)21/h4-11,16H,1-3H3,(H,22,24)(H,23,25)/t11-,16+/m1/s1. The molecule has 0 unspecified atom stereocenters. The highest BCUT2D eigenvalue weighted by Crippen LogP contribution is 2.16. The van der Waals surface area contributed by atoms with Crippen molar-refractivity contribution in [3.8, 4) is 0 Å². The van der Waals surface area contributed by atoms with Crippen molar-refractivity contribution in [1.82, 2.24) is 5.32 Å². The Labute approximate surface area is 164 Å². The van der Waals surface area contributed by atoms with Crippen LogP contribution in [-0.2, 0) is 14.3 Å². The normalized spacial score (nSPS) is 12.9. The molecule has 2 N–H and O–H groups in total. The van der Waals surface area contributed by atoms with Gasteiger partial charge in [0.1, 0.15) is 17.7 Å². The third kappa shape index (κ3) is 5.59. The summed E-state index contributed by atoms with van der Waals surface area (Å²) in [6, 6.07) is 5.05. The Hall–Kier alpha value is -2.81. The molecule has 1 aromatic carbocycles. The molecule has 6 nitrogen and oxygen atoms in total. The summed E-state index contributed by atoms with van der Waals surface area (Å²) in [4.78, 5) is 37.2. The summed E-state index contributed by atoms with van der Waals surface area (Å²) in [6.07, 6.45) is -1.25. The fourth-order valence-corrected chi connectivity index (χ4v) is 2.87. The molecular formula is C19H20F2N2O4S. The second-order valence-electron chi connectivity index (χ2n) is 6.36. The Morgan fingerprint density at radius 3 is 2.39 bits per heavy atom. The van der Waals surface area contributed by atoms with Gasteiger partial charge in [0, 0.05) is 6.07 Å². The second-order valence-corrected chi connectivity index (χ2v) is 7.31. The summed E-state index contributed by atoms with van der Waals surface area (Å²) in [5.74, 6) is -4.02. The third-order valence-corrected chi connectivity index (χ3v) is 4.67. The van der Waals surface area contributed by atoms with Crippen LogP contribution in [0.1, 0.15) is 30.4 Å². The van der Waals surface area contributed by atoms with Gasteiger partial charge in [-0.3, -0.25) is 9.59 Å². The van der Waals surface area contributed by atoms with E-state index in [4.69, 9.17) is 4.74 Å². The highest BCUT2D eigenvalue weighted by Gasteiger charge is 2.29. The molecule has 1 aromatic heterocycles. The topological polar surface area (TPSA) is 84.5 Å². The first-order valence-electron chi connectivity index (χ1n) is 8.49. The van der Waals surface area contributed by atoms with E-state index in [2.05, 4.69) is 10.6 Å². The number of nitrogens with one attached hydrogen (secondary N) is 2. The van der Waals surface area contributed by atoms with Crippen molar-refractivity contribution in [2.75, 3.05) is 5.32 Å². The number of benzene rings is 1. The van der Waals surface area contributed by atoms with Crippen LogP contribution in [0, 0.1) is 17.6 Å². The van der Waals surface area contributed by atoms with Crippen LogP contribution >= 0.6 is 11.3 Å². The number of anilines is 1. The number of esters is 1. The van der Waals surface area contributed by atoms with E-state index < -0.39 is 41.6 Å². The number of ether oxygens (including phenoxy) is 1. The summed E-state index contributed by atoms with van der Waals surface area (Å²) in [6.45, 7) is 4.76. The van der Waals surface area contributed by atoms with Crippen LogP contribution in [0.25, 0.3) is 0 Å². The van der Waals surface area contributed by atoms with Gasteiger partial charge in [-0.2, -0.15) is 0 Å². The molecule has 28 heavy (non-hydrogen) atoms. The van der Waals surface area contributed by atoms with Gasteiger partial charge in [0.2, 0.25) is 0 Å². The predicted molar refractivity (Wildman–Crippen MR) is 101 cm³/mol. The van der Waals surface area contributed by atoms with Crippen LogP contribution < -0.4 is 10.6 Å². The molecule has 9 heteroatoms. The van der Waals surface area contributed by atoms with Crippen molar-refractivity contribution in [3.63, 3.8) is 0 Å². The maximum Gasteiger partial charge on any atom is 0.329 e. The van der Waals surface area contributed by atoms with E-state index in [1.54, 1.807) is 31.4 Å². The van der Waals surface area contributed by atoms with Gasteiger partial charge in [-0.05, 0) is 36.4 Å². The minimum absolute atomic E-state index is 0.235. The summed E-state index contributed by atoms with van der Waals surface area (Å²) in [5.41, 5.74) is -0.235. The number of thiophene rings is 1. The van der Waals surface area contributed by atoms with Crippen LogP contribution in [-0.4, -0.2) is 29.9 Å². The maximum atomic E-state index is 13.6. The summed E-state index contributed by atoms with van der Waals surface area (Å²) in [7, 11) is 0. The summed E-state index contributed by atoms with van der Waals surface area (Å²) < 4.78 is 31.7. The minimum Gasteiger partial charge on any atom is -0.451 e. The zero-order chi connectivity index (χ0) is 20.8. The van der Waals surface area contributed by atoms with E-state index in [0.29, 0.717) is 10.9 Å². The molecule has 0 fully saturated rings. The molecule has 0 aliphatic rings. The average molecular weight is 410 g/mol. The Morgan fingerprint density at radius 1 is 1.11 bits per heavy atom. The van der Waals surface area contributed by atoms with Gasteiger partial charge in [0.05, 0.1) is 10.6 Å². The first kappa shape index (κ1) is 21.5. The van der Waals surface area contributed by atoms with Gasteiger partial charge in [-0.15, -0.1) is 11.3 Å². The number of hydrogen-bond acceptors (Lipinski definition) is 5. The number of halogens is 2. The molecule has 0 aliphatic heterocycles. The zero-order valence-corrected chi connectivity index (χ0v) is 16.3. The molecule has 0 aliphatic carbocycles. The van der Waals surface area contributed by atoms with E-state index in [0.717, 1.165) is 12.1 Å². The van der Waals surface area contributed by atoms with Crippen molar-refractivity contribution in [3.05, 3.63) is 52.2 Å². The lowest BCUT2D eigenvalue weighted by molar-refractivity contribution is -0.156. The van der Waals surface area contributed by atoms with Gasteiger partial charge < -0.3 is 15.4 Å². The molecule has 0 bridgehead atoms. The van der Waals surface area contributed by atoms with Gasteiger partial charge in [-0.25, -0.2) is 13.6 Å². The van der Waals surface area contributed by atoms with Gasteiger partial charge in [0.25, 0.3) is 11.8 Å². The lowest BCUT2D eigenvalue weighted by atomic mass is 10.0. The fourth-order valence-electron chi connectivity index (χ4n) is 2.24. The summed E-state index contributed by atoms with van der Waals surface area (Å²) in [5, 5.41) is 6.56. The zero-order valence-electron chi connectivity index (χ0n) is 15.5. The lowest BCUT2D eigenvalue weighted by Gasteiger charge is -2.22. The molecule has 150 valence electrons. The van der Waals surface area contributed by atoms with Crippen molar-refractivity contribution in [2.45, 2.75) is 32.9 Å². The quantitative estimate of drug-likeness (QED) is 0.686. The smallest absolute Gasteiger partial charge is 0.329 e. The number of carbonyl (C=O) groups is 3. The lowest BCUT2D eigenvalue weighted by Crippen LogP contribution is -2.47. The first-order valence-corrected chi connectivity index (χ1v) is 9.37. The number of rotatable bonds is 7. The Morgan fingerprint density at radius 2 is 1.82 bits per heavy atom. The molecule has 1 heterocycles. The van der Waals surface area contributed by atoms with Gasteiger partial charge in [-0.1, -0.05) is 19.9 Å². The first-order chi connectivity index (χ1) is 13.2. The van der Waals surface area contributed by atoms with Gasteiger partial charge in [0.15, 0.2) is 6.10 Å². The largest absolute Gasteiger partial charge is 0.451 e. The van der Waals surface area contributed by atoms with Crippen LogP contribution in [0.4, 0.5) is 14.5 Å². The molecule has 0 saturated carbocycles. The number of carbonyl (C=O) groups excluding carboxylic acids is 3. The van der Waals surface area contributed by atoms with Gasteiger partial charge >= 0.3 is 5.97 Å². The second kappa shape index (κ2) is 9.41. The van der Waals surface area contributed by atoms with Crippen LogP contribution in [0.5, 0.6) is 0 Å². The van der Waals surface area contributed by atoms with Crippen molar-refractivity contribution in [2.24, 2.45) is 5.92 Å². The van der Waals surface area contributed by atoms with Crippen molar-refractivity contribution in [1.29, 1.82) is 0 Å². The fraction of sp³-hybridized carbons (Fsp3) is 0.316. The molecule has 2 rings (SSSR count). The molecule has 0 saturated heterocycles. The minimum atomic E-state index is -1.25.